The van der Waals surface area contributed by atoms with Crippen LogP contribution in [-0.2, 0) is 17.8 Å². The van der Waals surface area contributed by atoms with E-state index in [-0.39, 0.29) is 18.4 Å². The lowest BCUT2D eigenvalue weighted by Gasteiger charge is -2.43. The standard InChI is InChI=1S/C33H37ClN6O2.C2H6/c1-37-13-4-7-26(37)22-42-27-17-24-20-38(30-9-3-6-23-5-2-8-29(34)33(23)30)14-11-28(24)31(18-27)39-15-16-40(32(41)19-36)25(21-39)10-12-35;1-2/h2-3,5-6,8-9,17-19,25-26,36H,4,7,10-11,13-16,20-22H2,1H3;1-2H3. The van der Waals surface area contributed by atoms with E-state index in [1.807, 2.05) is 26.0 Å². The number of hydrogen-bond donors (Lipinski definition) is 1. The molecule has 3 aliphatic rings. The summed E-state index contributed by atoms with van der Waals surface area (Å²) in [7, 11) is 2.16. The van der Waals surface area contributed by atoms with Crippen molar-refractivity contribution in [2.24, 2.45) is 0 Å². The van der Waals surface area contributed by atoms with Gasteiger partial charge in [0.15, 0.2) is 0 Å². The van der Waals surface area contributed by atoms with E-state index in [0.717, 1.165) is 71.6 Å². The number of fused-ring (bicyclic) bond motifs is 2. The van der Waals surface area contributed by atoms with Gasteiger partial charge < -0.3 is 29.7 Å². The fourth-order valence-electron chi connectivity index (χ4n) is 6.87. The summed E-state index contributed by atoms with van der Waals surface area (Å²) in [6.07, 6.45) is 4.28. The lowest BCUT2D eigenvalue weighted by molar-refractivity contribution is -0.126. The largest absolute Gasteiger partial charge is 0.492 e. The fraction of sp³-hybridized carbons (Fsp3) is 0.457. The molecule has 3 heterocycles. The molecule has 2 unspecified atom stereocenters. The number of hydrogen-bond acceptors (Lipinski definition) is 7. The molecule has 0 saturated carbocycles. The van der Waals surface area contributed by atoms with Gasteiger partial charge in [0.1, 0.15) is 12.4 Å². The van der Waals surface area contributed by atoms with Crippen molar-refractivity contribution in [2.45, 2.75) is 58.2 Å². The number of likely N-dealkylation sites (tertiary alicyclic amines) is 1. The maximum atomic E-state index is 12.4. The Balaban J connectivity index is 0.00000188. The molecule has 3 aromatic rings. The second-order valence-electron chi connectivity index (χ2n) is 11.6. The number of carbonyl (C=O) groups excluding carboxylic acids is 1. The van der Waals surface area contributed by atoms with Crippen LogP contribution >= 0.6 is 11.6 Å². The van der Waals surface area contributed by atoms with E-state index in [0.29, 0.717) is 32.3 Å². The Bertz CT molecular complexity index is 1530. The molecule has 0 aliphatic carbocycles. The molecule has 3 aliphatic heterocycles. The minimum Gasteiger partial charge on any atom is -0.492 e. The van der Waals surface area contributed by atoms with Crippen molar-refractivity contribution in [3.8, 4) is 11.8 Å². The first kappa shape index (κ1) is 31.6. The summed E-state index contributed by atoms with van der Waals surface area (Å²) in [5, 5.41) is 19.9. The zero-order valence-electron chi connectivity index (χ0n) is 26.1. The molecule has 9 heteroatoms. The number of halogens is 1. The monoisotopic (exact) mass is 614 g/mol. The van der Waals surface area contributed by atoms with Gasteiger partial charge in [0.25, 0.3) is 5.91 Å². The second-order valence-corrected chi connectivity index (χ2v) is 12.0. The number of anilines is 2. The first-order valence-electron chi connectivity index (χ1n) is 15.8. The molecule has 0 aromatic heterocycles. The number of nitrogens with one attached hydrogen (secondary N) is 1. The number of rotatable bonds is 7. The summed E-state index contributed by atoms with van der Waals surface area (Å²) in [6, 6.07) is 19.2. The van der Waals surface area contributed by atoms with Gasteiger partial charge in [-0.3, -0.25) is 4.79 Å². The van der Waals surface area contributed by atoms with Gasteiger partial charge in [-0.05, 0) is 67.6 Å². The average molecular weight is 615 g/mol. The lowest BCUT2D eigenvalue weighted by atomic mass is 9.94. The molecule has 232 valence electrons. The van der Waals surface area contributed by atoms with E-state index in [4.69, 9.17) is 21.7 Å². The molecule has 0 spiro atoms. The Morgan fingerprint density at radius 1 is 1.07 bits per heavy atom. The number of benzene rings is 3. The molecule has 6 rings (SSSR count). The summed E-state index contributed by atoms with van der Waals surface area (Å²) in [6.45, 7) is 9.02. The van der Waals surface area contributed by atoms with Gasteiger partial charge >= 0.3 is 0 Å². The first-order valence-corrected chi connectivity index (χ1v) is 16.2. The number of carbonyl (C=O) groups is 1. The molecule has 2 fully saturated rings. The Morgan fingerprint density at radius 3 is 2.59 bits per heavy atom. The molecule has 1 N–H and O–H groups in total. The summed E-state index contributed by atoms with van der Waals surface area (Å²) in [5.41, 5.74) is 4.79. The van der Waals surface area contributed by atoms with Gasteiger partial charge in [-0.15, -0.1) is 0 Å². The summed E-state index contributed by atoms with van der Waals surface area (Å²) < 4.78 is 6.48. The van der Waals surface area contributed by atoms with Gasteiger partial charge in [-0.1, -0.05) is 49.7 Å². The van der Waals surface area contributed by atoms with Crippen molar-refractivity contribution in [1.29, 1.82) is 10.7 Å². The van der Waals surface area contributed by atoms with Crippen molar-refractivity contribution < 1.29 is 9.53 Å². The highest BCUT2D eigenvalue weighted by molar-refractivity contribution is 6.36. The van der Waals surface area contributed by atoms with E-state index in [1.165, 1.54) is 17.5 Å². The quantitative estimate of drug-likeness (QED) is 0.322. The highest BCUT2D eigenvalue weighted by Crippen LogP contribution is 2.39. The molecule has 3 aromatic carbocycles. The third kappa shape index (κ3) is 6.50. The molecular weight excluding hydrogens is 572 g/mol. The van der Waals surface area contributed by atoms with Crippen molar-refractivity contribution >= 4 is 45.9 Å². The molecule has 1 amide bonds. The molecule has 2 atom stereocenters. The third-order valence-electron chi connectivity index (χ3n) is 9.13. The van der Waals surface area contributed by atoms with E-state index in [2.05, 4.69) is 64.2 Å². The van der Waals surface area contributed by atoms with Crippen LogP contribution in [0.15, 0.2) is 48.5 Å². The van der Waals surface area contributed by atoms with Gasteiger partial charge in [-0.2, -0.15) is 5.26 Å². The van der Waals surface area contributed by atoms with Crippen LogP contribution in [0.5, 0.6) is 5.75 Å². The molecule has 0 bridgehead atoms. The van der Waals surface area contributed by atoms with Gasteiger partial charge in [-0.25, -0.2) is 0 Å². The van der Waals surface area contributed by atoms with Gasteiger partial charge in [0, 0.05) is 61.6 Å². The second kappa shape index (κ2) is 14.3. The Labute approximate surface area is 266 Å². The van der Waals surface area contributed by atoms with Crippen LogP contribution < -0.4 is 14.5 Å². The number of likely N-dealkylation sites (N-methyl/N-ethyl adjacent to an activating group) is 1. The number of amides is 1. The number of piperazine rings is 1. The predicted molar refractivity (Wildman–Crippen MR) is 179 cm³/mol. The van der Waals surface area contributed by atoms with Crippen molar-refractivity contribution in [3.63, 3.8) is 0 Å². The van der Waals surface area contributed by atoms with Gasteiger partial charge in [0.2, 0.25) is 0 Å². The van der Waals surface area contributed by atoms with Crippen LogP contribution in [0.2, 0.25) is 5.02 Å². The average Bonchev–Trinajstić information content (AvgIpc) is 3.48. The predicted octanol–water partition coefficient (Wildman–Crippen LogP) is 6.14. The first-order chi connectivity index (χ1) is 21.5. The zero-order valence-corrected chi connectivity index (χ0v) is 26.8. The van der Waals surface area contributed by atoms with Gasteiger partial charge in [0.05, 0.1) is 29.8 Å². The molecule has 0 radical (unpaired) electrons. The molecular formula is C35H43ClN6O2. The summed E-state index contributed by atoms with van der Waals surface area (Å²) in [5.74, 6) is 0.524. The smallest absolute Gasteiger partial charge is 0.264 e. The van der Waals surface area contributed by atoms with Crippen LogP contribution in [-0.4, -0.2) is 80.4 Å². The van der Waals surface area contributed by atoms with Crippen LogP contribution in [0.1, 0.15) is 44.2 Å². The number of nitrogens with zero attached hydrogens (tertiary/aromatic N) is 5. The zero-order chi connectivity index (χ0) is 31.2. The number of nitriles is 1. The van der Waals surface area contributed by atoms with E-state index >= 15 is 0 Å². The minimum absolute atomic E-state index is 0.234. The summed E-state index contributed by atoms with van der Waals surface area (Å²) in [4.78, 5) is 21.2. The van der Waals surface area contributed by atoms with Crippen molar-refractivity contribution in [1.82, 2.24) is 9.80 Å². The molecule has 2 saturated heterocycles. The maximum Gasteiger partial charge on any atom is 0.264 e. The summed E-state index contributed by atoms with van der Waals surface area (Å²) >= 11 is 6.71. The molecule has 44 heavy (non-hydrogen) atoms. The maximum absolute atomic E-state index is 12.4. The van der Waals surface area contributed by atoms with Crippen LogP contribution in [0, 0.1) is 16.7 Å². The van der Waals surface area contributed by atoms with Crippen LogP contribution in [0.4, 0.5) is 11.4 Å². The van der Waals surface area contributed by atoms with Crippen molar-refractivity contribution in [2.75, 3.05) is 56.2 Å². The Kier molecular flexibility index (Phi) is 10.3. The number of ether oxygens (including phenoxy) is 1. The Morgan fingerprint density at radius 2 is 1.86 bits per heavy atom. The van der Waals surface area contributed by atoms with E-state index < -0.39 is 0 Å². The fourth-order valence-corrected chi connectivity index (χ4v) is 7.15. The lowest BCUT2D eigenvalue weighted by Crippen LogP contribution is -2.55. The third-order valence-corrected chi connectivity index (χ3v) is 9.44. The van der Waals surface area contributed by atoms with E-state index in [9.17, 15) is 10.1 Å². The van der Waals surface area contributed by atoms with E-state index in [1.54, 1.807) is 4.90 Å². The van der Waals surface area contributed by atoms with Crippen molar-refractivity contribution in [3.05, 3.63) is 64.7 Å². The highest BCUT2D eigenvalue weighted by Gasteiger charge is 2.32. The SMILES string of the molecule is CC.CN1CCCC1COc1cc2c(c(N3CCN(C(=O)C=N)C(CC#N)C3)c1)CCN(c1cccc3cccc(Cl)c13)C2. The Hall–Kier alpha value is -3.80. The minimum atomic E-state index is -0.334. The van der Waals surface area contributed by atoms with Crippen LogP contribution in [0.3, 0.4) is 0 Å². The topological polar surface area (TPSA) is 86.9 Å². The highest BCUT2D eigenvalue weighted by atomic mass is 35.5. The molecule has 8 nitrogen and oxygen atoms in total. The normalized spacial score (nSPS) is 20.0. The van der Waals surface area contributed by atoms with Crippen LogP contribution in [0.25, 0.3) is 10.8 Å².